The second kappa shape index (κ2) is 6.91. The first-order chi connectivity index (χ1) is 11.6. The summed E-state index contributed by atoms with van der Waals surface area (Å²) in [6, 6.07) is 14.3. The second-order valence-corrected chi connectivity index (χ2v) is 6.10. The summed E-state index contributed by atoms with van der Waals surface area (Å²) in [6.45, 7) is 6.54. The van der Waals surface area contributed by atoms with Crippen molar-refractivity contribution in [2.75, 3.05) is 6.61 Å². The first-order valence-electron chi connectivity index (χ1n) is 8.38. The summed E-state index contributed by atoms with van der Waals surface area (Å²) >= 11 is 0. The fraction of sp³-hybridized carbons (Fsp3) is 0.286. The number of unbranched alkanes of at least 4 members (excludes halogenated alkanes) is 1. The molecule has 24 heavy (non-hydrogen) atoms. The minimum atomic E-state index is -0.637. The van der Waals surface area contributed by atoms with Gasteiger partial charge in [-0.1, -0.05) is 49.7 Å². The predicted molar refractivity (Wildman–Crippen MR) is 97.8 cm³/mol. The maximum atomic E-state index is 12.1. The predicted octanol–water partition coefficient (Wildman–Crippen LogP) is 5.93. The van der Waals surface area contributed by atoms with Gasteiger partial charge in [-0.2, -0.15) is 0 Å². The average molecular weight is 322 g/mol. The van der Waals surface area contributed by atoms with Crippen LogP contribution in [0.3, 0.4) is 0 Å². The van der Waals surface area contributed by atoms with Crippen LogP contribution >= 0.6 is 0 Å². The Hall–Kier alpha value is -2.55. The lowest BCUT2D eigenvalue weighted by atomic mass is 9.96. The average Bonchev–Trinajstić information content (AvgIpc) is 2.58. The van der Waals surface area contributed by atoms with Gasteiger partial charge in [0.25, 0.3) is 0 Å². The molecule has 0 fully saturated rings. The van der Waals surface area contributed by atoms with Crippen molar-refractivity contribution in [2.24, 2.45) is 0 Å². The molecule has 0 aromatic heterocycles. The highest BCUT2D eigenvalue weighted by molar-refractivity contribution is 6.08. The van der Waals surface area contributed by atoms with E-state index < -0.39 is 6.16 Å². The van der Waals surface area contributed by atoms with E-state index in [9.17, 15) is 4.79 Å². The Labute approximate surface area is 142 Å². The number of carbonyl (C=O) groups excluding carboxylic acids is 1. The first-order valence-corrected chi connectivity index (χ1v) is 8.38. The van der Waals surface area contributed by atoms with Gasteiger partial charge >= 0.3 is 6.16 Å². The number of fused-ring (bicyclic) bond motifs is 2. The van der Waals surface area contributed by atoms with Crippen LogP contribution in [0.1, 0.15) is 30.9 Å². The van der Waals surface area contributed by atoms with Gasteiger partial charge in [0.05, 0.1) is 6.61 Å². The summed E-state index contributed by atoms with van der Waals surface area (Å²) in [5.74, 6) is 0.589. The molecule has 3 aromatic carbocycles. The molecule has 0 bridgehead atoms. The zero-order valence-electron chi connectivity index (χ0n) is 14.4. The molecule has 0 amide bonds. The van der Waals surface area contributed by atoms with Crippen LogP contribution in [0, 0.1) is 13.8 Å². The van der Waals surface area contributed by atoms with Crippen molar-refractivity contribution in [3.63, 3.8) is 0 Å². The van der Waals surface area contributed by atoms with Crippen LogP contribution < -0.4 is 4.74 Å². The maximum Gasteiger partial charge on any atom is 0.513 e. The van der Waals surface area contributed by atoms with Gasteiger partial charge in [0.1, 0.15) is 5.75 Å². The summed E-state index contributed by atoms with van der Waals surface area (Å²) in [7, 11) is 0. The van der Waals surface area contributed by atoms with Crippen molar-refractivity contribution in [1.29, 1.82) is 0 Å². The van der Waals surface area contributed by atoms with E-state index in [1.807, 2.05) is 31.2 Å². The summed E-state index contributed by atoms with van der Waals surface area (Å²) in [5.41, 5.74) is 2.24. The number of hydrogen-bond donors (Lipinski definition) is 0. The van der Waals surface area contributed by atoms with Gasteiger partial charge in [-0.15, -0.1) is 0 Å². The molecule has 3 heteroatoms. The summed E-state index contributed by atoms with van der Waals surface area (Å²) in [6.07, 6.45) is 1.17. The molecule has 0 saturated carbocycles. The van der Waals surface area contributed by atoms with Crippen LogP contribution in [0.5, 0.6) is 5.75 Å². The minimum absolute atomic E-state index is 0.385. The monoisotopic (exact) mass is 322 g/mol. The number of rotatable bonds is 4. The Kier molecular flexibility index (Phi) is 4.70. The van der Waals surface area contributed by atoms with E-state index in [-0.39, 0.29) is 0 Å². The van der Waals surface area contributed by atoms with Gasteiger partial charge in [-0.05, 0) is 48.2 Å². The van der Waals surface area contributed by atoms with E-state index in [0.29, 0.717) is 12.4 Å². The molecule has 124 valence electrons. The van der Waals surface area contributed by atoms with Gasteiger partial charge in [0.15, 0.2) is 0 Å². The molecular weight excluding hydrogens is 300 g/mol. The molecule has 0 radical (unpaired) electrons. The van der Waals surface area contributed by atoms with Crippen LogP contribution in [0.4, 0.5) is 4.79 Å². The third-order valence-corrected chi connectivity index (χ3v) is 4.31. The number of carbonyl (C=O) groups is 1. The molecule has 0 heterocycles. The number of aryl methyl sites for hydroxylation is 2. The molecule has 0 N–H and O–H groups in total. The first kappa shape index (κ1) is 16.3. The van der Waals surface area contributed by atoms with Crippen molar-refractivity contribution in [3.05, 3.63) is 53.6 Å². The quantitative estimate of drug-likeness (QED) is 0.259. The third-order valence-electron chi connectivity index (χ3n) is 4.31. The van der Waals surface area contributed by atoms with Crippen molar-refractivity contribution in [1.82, 2.24) is 0 Å². The Bertz CT molecular complexity index is 896. The van der Waals surface area contributed by atoms with Crippen molar-refractivity contribution >= 4 is 27.7 Å². The summed E-state index contributed by atoms with van der Waals surface area (Å²) in [4.78, 5) is 12.1. The van der Waals surface area contributed by atoms with Gasteiger partial charge in [-0.25, -0.2) is 4.79 Å². The molecule has 0 aliphatic heterocycles. The fourth-order valence-electron chi connectivity index (χ4n) is 2.96. The van der Waals surface area contributed by atoms with Gasteiger partial charge in [-0.3, -0.25) is 0 Å². The van der Waals surface area contributed by atoms with E-state index in [1.165, 1.54) is 0 Å². The minimum Gasteiger partial charge on any atom is -0.434 e. The highest BCUT2D eigenvalue weighted by Crippen LogP contribution is 2.38. The highest BCUT2D eigenvalue weighted by Gasteiger charge is 2.16. The molecule has 0 aliphatic carbocycles. The molecule has 0 atom stereocenters. The van der Waals surface area contributed by atoms with Crippen LogP contribution in [0.25, 0.3) is 21.5 Å². The SMILES string of the molecule is CCCCOC(=O)Oc1c2ccccc2cc2c(C)ccc(C)c12. The van der Waals surface area contributed by atoms with E-state index in [1.54, 1.807) is 0 Å². The fourth-order valence-corrected chi connectivity index (χ4v) is 2.96. The number of hydrogen-bond acceptors (Lipinski definition) is 3. The highest BCUT2D eigenvalue weighted by atomic mass is 16.7. The smallest absolute Gasteiger partial charge is 0.434 e. The van der Waals surface area contributed by atoms with Crippen LogP contribution in [0.15, 0.2) is 42.5 Å². The Morgan fingerprint density at radius 2 is 1.75 bits per heavy atom. The van der Waals surface area contributed by atoms with Crippen molar-refractivity contribution in [2.45, 2.75) is 33.6 Å². The molecule has 3 aromatic rings. The van der Waals surface area contributed by atoms with Gasteiger partial charge in [0.2, 0.25) is 0 Å². The molecule has 0 saturated heterocycles. The largest absolute Gasteiger partial charge is 0.513 e. The van der Waals surface area contributed by atoms with Crippen molar-refractivity contribution < 1.29 is 14.3 Å². The normalized spacial score (nSPS) is 11.0. The zero-order chi connectivity index (χ0) is 17.1. The lowest BCUT2D eigenvalue weighted by molar-refractivity contribution is 0.0988. The van der Waals surface area contributed by atoms with E-state index in [2.05, 4.69) is 32.0 Å². The topological polar surface area (TPSA) is 35.5 Å². The lowest BCUT2D eigenvalue weighted by Gasteiger charge is -2.15. The summed E-state index contributed by atoms with van der Waals surface area (Å²) in [5, 5.41) is 4.05. The number of ether oxygens (including phenoxy) is 2. The second-order valence-electron chi connectivity index (χ2n) is 6.10. The Morgan fingerprint density at radius 3 is 2.54 bits per heavy atom. The Morgan fingerprint density at radius 1 is 1.00 bits per heavy atom. The molecule has 3 nitrogen and oxygen atoms in total. The van der Waals surface area contributed by atoms with Crippen molar-refractivity contribution in [3.8, 4) is 5.75 Å². The maximum absolute atomic E-state index is 12.1. The van der Waals surface area contributed by atoms with E-state index in [0.717, 1.165) is 45.5 Å². The van der Waals surface area contributed by atoms with Crippen LogP contribution in [-0.4, -0.2) is 12.8 Å². The van der Waals surface area contributed by atoms with Gasteiger partial charge < -0.3 is 9.47 Å². The molecule has 3 rings (SSSR count). The van der Waals surface area contributed by atoms with Crippen LogP contribution in [0.2, 0.25) is 0 Å². The molecular formula is C21H22O3. The standard InChI is InChI=1S/C21H22O3/c1-4-5-12-23-21(22)24-20-17-9-7-6-8-16(17)13-18-14(2)10-11-15(3)19(18)20/h6-11,13H,4-5,12H2,1-3H3. The van der Waals surface area contributed by atoms with Crippen LogP contribution in [-0.2, 0) is 4.74 Å². The van der Waals surface area contributed by atoms with E-state index >= 15 is 0 Å². The number of benzene rings is 3. The molecule has 0 unspecified atom stereocenters. The van der Waals surface area contributed by atoms with Gasteiger partial charge in [0, 0.05) is 10.8 Å². The molecule has 0 spiro atoms. The lowest BCUT2D eigenvalue weighted by Crippen LogP contribution is -2.12. The molecule has 0 aliphatic rings. The third kappa shape index (κ3) is 3.07. The Balaban J connectivity index is 2.15. The summed E-state index contributed by atoms with van der Waals surface area (Å²) < 4.78 is 10.9. The zero-order valence-corrected chi connectivity index (χ0v) is 14.4. The van der Waals surface area contributed by atoms with E-state index in [4.69, 9.17) is 9.47 Å².